The third-order valence-electron chi connectivity index (χ3n) is 3.36. The van der Waals surface area contributed by atoms with Crippen molar-refractivity contribution >= 4 is 27.0 Å². The molecule has 0 bridgehead atoms. The summed E-state index contributed by atoms with van der Waals surface area (Å²) in [7, 11) is 1.66. The first-order valence-corrected chi connectivity index (χ1v) is 7.47. The predicted molar refractivity (Wildman–Crippen MR) is 85.2 cm³/mol. The second-order valence-corrected chi connectivity index (χ2v) is 5.90. The van der Waals surface area contributed by atoms with Crippen LogP contribution in [-0.2, 0) is 6.42 Å². The normalized spacial score (nSPS) is 12.5. The number of ether oxygens (including phenoxy) is 1. The van der Waals surface area contributed by atoms with Gasteiger partial charge in [0.25, 0.3) is 0 Å². The number of halogens is 1. The van der Waals surface area contributed by atoms with Crippen LogP contribution in [0.4, 0.5) is 0 Å². The number of rotatable bonds is 4. The van der Waals surface area contributed by atoms with Gasteiger partial charge in [0.05, 0.1) is 12.6 Å². The fourth-order valence-corrected chi connectivity index (χ4v) is 2.94. The summed E-state index contributed by atoms with van der Waals surface area (Å²) in [6, 6.07) is 13.7. The highest BCUT2D eigenvalue weighted by Crippen LogP contribution is 2.29. The molecule has 1 aromatic heterocycles. The lowest BCUT2D eigenvalue weighted by molar-refractivity contribution is 0.414. The van der Waals surface area contributed by atoms with E-state index in [0.29, 0.717) is 11.1 Å². The summed E-state index contributed by atoms with van der Waals surface area (Å²) in [6.07, 6.45) is 0.817. The Labute approximate surface area is 129 Å². The number of benzene rings is 2. The summed E-state index contributed by atoms with van der Waals surface area (Å²) in [6.45, 7) is 0. The van der Waals surface area contributed by atoms with Crippen molar-refractivity contribution in [1.29, 1.82) is 0 Å². The van der Waals surface area contributed by atoms with Gasteiger partial charge in [0.1, 0.15) is 5.75 Å². The van der Waals surface area contributed by atoms with Crippen molar-refractivity contribution in [1.82, 2.24) is 4.98 Å². The Morgan fingerprint density at radius 1 is 1.29 bits per heavy atom. The van der Waals surface area contributed by atoms with E-state index in [9.17, 15) is 4.79 Å². The Morgan fingerprint density at radius 2 is 2.14 bits per heavy atom. The molecule has 1 N–H and O–H groups in total. The summed E-state index contributed by atoms with van der Waals surface area (Å²) < 4.78 is 10.3. The van der Waals surface area contributed by atoms with Gasteiger partial charge in [0.15, 0.2) is 5.58 Å². The highest BCUT2D eigenvalue weighted by Gasteiger charge is 2.11. The third-order valence-corrected chi connectivity index (χ3v) is 4.21. The van der Waals surface area contributed by atoms with Gasteiger partial charge in [0.2, 0.25) is 0 Å². The Kier molecular flexibility index (Phi) is 3.84. The summed E-state index contributed by atoms with van der Waals surface area (Å²) in [5.41, 5.74) is 3.53. The zero-order chi connectivity index (χ0) is 14.8. The molecule has 1 atom stereocenters. The molecule has 2 aromatic carbocycles. The molecule has 3 aromatic rings. The van der Waals surface area contributed by atoms with Crippen molar-refractivity contribution in [2.45, 2.75) is 11.2 Å². The first kappa shape index (κ1) is 13.9. The number of H-pyrrole nitrogens is 1. The molecule has 0 fully saturated rings. The predicted octanol–water partition coefficient (Wildman–Crippen LogP) is 3.81. The van der Waals surface area contributed by atoms with Crippen molar-refractivity contribution in [3.05, 3.63) is 64.1 Å². The number of aromatic amines is 1. The van der Waals surface area contributed by atoms with Gasteiger partial charge in [-0.3, -0.25) is 4.98 Å². The molecule has 0 amide bonds. The average Bonchev–Trinajstić information content (AvgIpc) is 2.86. The van der Waals surface area contributed by atoms with Crippen LogP contribution in [0.1, 0.15) is 16.0 Å². The maximum absolute atomic E-state index is 11.2. The number of aromatic nitrogens is 1. The van der Waals surface area contributed by atoms with Crippen LogP contribution in [0.3, 0.4) is 0 Å². The molecule has 5 heteroatoms. The number of fused-ring (bicyclic) bond motifs is 1. The van der Waals surface area contributed by atoms with Gasteiger partial charge in [-0.05, 0) is 41.8 Å². The van der Waals surface area contributed by atoms with E-state index < -0.39 is 5.76 Å². The standard InChI is InChI=1S/C16H14BrNO3/c1-20-12-4-2-3-10(7-12)8-13(17)11-5-6-14-15(9-11)21-16(19)18-14/h2-7,9,13H,8H2,1H3,(H,18,19). The number of alkyl halides is 1. The van der Waals surface area contributed by atoms with E-state index >= 15 is 0 Å². The van der Waals surface area contributed by atoms with Crippen LogP contribution < -0.4 is 10.5 Å². The summed E-state index contributed by atoms with van der Waals surface area (Å²) >= 11 is 3.69. The molecule has 21 heavy (non-hydrogen) atoms. The Bertz CT molecular complexity index is 822. The first-order chi connectivity index (χ1) is 10.2. The third kappa shape index (κ3) is 3.03. The van der Waals surface area contributed by atoms with Crippen molar-refractivity contribution in [3.8, 4) is 5.75 Å². The van der Waals surface area contributed by atoms with Gasteiger partial charge in [0, 0.05) is 4.83 Å². The minimum Gasteiger partial charge on any atom is -0.497 e. The maximum Gasteiger partial charge on any atom is 0.417 e. The highest BCUT2D eigenvalue weighted by atomic mass is 79.9. The van der Waals surface area contributed by atoms with E-state index in [1.165, 1.54) is 5.56 Å². The lowest BCUT2D eigenvalue weighted by Gasteiger charge is -2.11. The quantitative estimate of drug-likeness (QED) is 0.730. The zero-order valence-electron chi connectivity index (χ0n) is 11.4. The van der Waals surface area contributed by atoms with Gasteiger partial charge < -0.3 is 9.15 Å². The van der Waals surface area contributed by atoms with Crippen molar-refractivity contribution in [2.24, 2.45) is 0 Å². The van der Waals surface area contributed by atoms with Crippen molar-refractivity contribution in [2.75, 3.05) is 7.11 Å². The van der Waals surface area contributed by atoms with Crippen LogP contribution in [0.25, 0.3) is 11.1 Å². The van der Waals surface area contributed by atoms with Gasteiger partial charge in [-0.25, -0.2) is 4.79 Å². The van der Waals surface area contributed by atoms with Crippen molar-refractivity contribution in [3.63, 3.8) is 0 Å². The summed E-state index contributed by atoms with van der Waals surface area (Å²) in [5, 5.41) is 0. The van der Waals surface area contributed by atoms with Crippen LogP contribution in [0, 0.1) is 0 Å². The van der Waals surface area contributed by atoms with Gasteiger partial charge in [-0.1, -0.05) is 34.1 Å². The lowest BCUT2D eigenvalue weighted by Crippen LogP contribution is -1.96. The van der Waals surface area contributed by atoms with E-state index in [4.69, 9.17) is 9.15 Å². The molecule has 0 spiro atoms. The van der Waals surface area contributed by atoms with Crippen LogP contribution in [-0.4, -0.2) is 12.1 Å². The monoisotopic (exact) mass is 347 g/mol. The van der Waals surface area contributed by atoms with Gasteiger partial charge in [-0.15, -0.1) is 0 Å². The molecule has 0 saturated heterocycles. The number of nitrogens with one attached hydrogen (secondary N) is 1. The SMILES string of the molecule is COc1cccc(CC(Br)c2ccc3[nH]c(=O)oc3c2)c1. The Balaban J connectivity index is 1.85. The van der Waals surface area contributed by atoms with E-state index in [-0.39, 0.29) is 4.83 Å². The summed E-state index contributed by atoms with van der Waals surface area (Å²) in [4.78, 5) is 14.0. The molecule has 3 rings (SSSR count). The fraction of sp³-hybridized carbons (Fsp3) is 0.188. The molecule has 1 heterocycles. The summed E-state index contributed by atoms with van der Waals surface area (Å²) in [5.74, 6) is 0.417. The number of hydrogen-bond donors (Lipinski definition) is 1. The number of methoxy groups -OCH3 is 1. The molecule has 0 aliphatic heterocycles. The molecule has 0 saturated carbocycles. The van der Waals surface area contributed by atoms with Crippen LogP contribution in [0.2, 0.25) is 0 Å². The molecular formula is C16H14BrNO3. The Hall–Kier alpha value is -2.01. The average molecular weight is 348 g/mol. The molecule has 0 aliphatic carbocycles. The topological polar surface area (TPSA) is 55.2 Å². The lowest BCUT2D eigenvalue weighted by atomic mass is 10.0. The second-order valence-electron chi connectivity index (χ2n) is 4.79. The number of hydrogen-bond acceptors (Lipinski definition) is 3. The van der Waals surface area contributed by atoms with Gasteiger partial charge in [-0.2, -0.15) is 0 Å². The molecule has 0 radical (unpaired) electrons. The van der Waals surface area contributed by atoms with Crippen LogP contribution in [0.5, 0.6) is 5.75 Å². The van der Waals surface area contributed by atoms with Crippen LogP contribution >= 0.6 is 15.9 Å². The van der Waals surface area contributed by atoms with E-state index in [1.807, 2.05) is 36.4 Å². The first-order valence-electron chi connectivity index (χ1n) is 6.55. The fourth-order valence-electron chi connectivity index (χ4n) is 2.28. The van der Waals surface area contributed by atoms with Gasteiger partial charge >= 0.3 is 5.76 Å². The zero-order valence-corrected chi connectivity index (χ0v) is 13.0. The molecule has 4 nitrogen and oxygen atoms in total. The largest absolute Gasteiger partial charge is 0.497 e. The second kappa shape index (κ2) is 5.77. The highest BCUT2D eigenvalue weighted by molar-refractivity contribution is 9.09. The number of oxazole rings is 1. The molecular weight excluding hydrogens is 334 g/mol. The minimum absolute atomic E-state index is 0.134. The Morgan fingerprint density at radius 3 is 2.95 bits per heavy atom. The molecule has 1 unspecified atom stereocenters. The van der Waals surface area contributed by atoms with Crippen LogP contribution in [0.15, 0.2) is 51.7 Å². The molecule has 108 valence electrons. The van der Waals surface area contributed by atoms with E-state index in [0.717, 1.165) is 17.7 Å². The van der Waals surface area contributed by atoms with E-state index in [2.05, 4.69) is 27.0 Å². The van der Waals surface area contributed by atoms with Crippen molar-refractivity contribution < 1.29 is 9.15 Å². The maximum atomic E-state index is 11.2. The van der Waals surface area contributed by atoms with E-state index in [1.54, 1.807) is 7.11 Å². The minimum atomic E-state index is -0.430. The smallest absolute Gasteiger partial charge is 0.417 e. The molecule has 0 aliphatic rings.